The summed E-state index contributed by atoms with van der Waals surface area (Å²) in [5.74, 6) is 0.506. The van der Waals surface area contributed by atoms with Crippen molar-refractivity contribution >= 4 is 21.8 Å². The predicted octanol–water partition coefficient (Wildman–Crippen LogP) is 5.47. The molecule has 4 aromatic rings. The van der Waals surface area contributed by atoms with Crippen molar-refractivity contribution in [3.63, 3.8) is 0 Å². The Bertz CT molecular complexity index is 1420. The zero-order valence-electron chi connectivity index (χ0n) is 22.8. The van der Waals surface area contributed by atoms with Gasteiger partial charge in [0.25, 0.3) is 5.91 Å². The summed E-state index contributed by atoms with van der Waals surface area (Å²) in [6.45, 7) is 8.11. The van der Waals surface area contributed by atoms with Crippen molar-refractivity contribution in [1.82, 2.24) is 29.8 Å². The molecule has 1 amide bonds. The lowest BCUT2D eigenvalue weighted by molar-refractivity contribution is 0.0938. The maximum atomic E-state index is 13.4. The Labute approximate surface area is 232 Å². The number of hydrogen-bond acceptors (Lipinski definition) is 5. The van der Waals surface area contributed by atoms with Gasteiger partial charge >= 0.3 is 0 Å². The van der Waals surface area contributed by atoms with E-state index in [1.165, 1.54) is 0 Å². The largest absolute Gasteiger partial charge is 0.491 e. The molecule has 0 unspecified atom stereocenters. The van der Waals surface area contributed by atoms with E-state index in [0.29, 0.717) is 17.9 Å². The summed E-state index contributed by atoms with van der Waals surface area (Å²) in [6, 6.07) is 11.8. The van der Waals surface area contributed by atoms with Crippen molar-refractivity contribution in [3.8, 4) is 28.1 Å². The fourth-order valence-corrected chi connectivity index (χ4v) is 4.75. The normalized spacial score (nSPS) is 12.1. The van der Waals surface area contributed by atoms with Crippen LogP contribution in [0.25, 0.3) is 22.4 Å². The Balaban J connectivity index is 1.62. The van der Waals surface area contributed by atoms with Crippen LogP contribution >= 0.6 is 15.9 Å². The number of ether oxygens (including phenoxy) is 1. The number of likely N-dealkylation sites (N-methyl/N-ethyl adjacent to an activating group) is 1. The van der Waals surface area contributed by atoms with Gasteiger partial charge in [-0.05, 0) is 104 Å². The SMILES string of the molecule is CCn1ccc(-c2cc(-c3cnn(C)c3)cc([C@@H](C)NC(=O)c3cc(OCCN(C)C)c(Br)cc3C)c2)n1. The number of nitrogens with one attached hydrogen (secondary N) is 1. The first-order valence-electron chi connectivity index (χ1n) is 12.7. The van der Waals surface area contributed by atoms with Crippen molar-refractivity contribution in [3.05, 3.63) is 76.2 Å². The molecule has 1 N–H and O–H groups in total. The first kappa shape index (κ1) is 27.6. The van der Waals surface area contributed by atoms with Gasteiger partial charge in [0.2, 0.25) is 0 Å². The second kappa shape index (κ2) is 12.0. The number of aryl methyl sites for hydroxylation is 3. The number of carbonyl (C=O) groups excluding carboxylic acids is 1. The van der Waals surface area contributed by atoms with E-state index >= 15 is 0 Å². The zero-order valence-corrected chi connectivity index (χ0v) is 24.4. The molecule has 9 heteroatoms. The highest BCUT2D eigenvalue weighted by atomic mass is 79.9. The third-order valence-electron chi connectivity index (χ3n) is 6.42. The lowest BCUT2D eigenvalue weighted by Gasteiger charge is -2.19. The molecular formula is C29H35BrN6O2. The molecule has 8 nitrogen and oxygen atoms in total. The number of halogens is 1. The van der Waals surface area contributed by atoms with Crippen LogP contribution in [0.5, 0.6) is 5.75 Å². The van der Waals surface area contributed by atoms with E-state index in [9.17, 15) is 4.79 Å². The molecule has 1 atom stereocenters. The Morgan fingerprint density at radius 3 is 2.58 bits per heavy atom. The number of hydrogen-bond donors (Lipinski definition) is 1. The molecule has 0 spiro atoms. The van der Waals surface area contributed by atoms with E-state index in [1.54, 1.807) is 4.68 Å². The average Bonchev–Trinajstić information content (AvgIpc) is 3.54. The van der Waals surface area contributed by atoms with E-state index in [1.807, 2.05) is 76.5 Å². The van der Waals surface area contributed by atoms with Crippen LogP contribution in [0.3, 0.4) is 0 Å². The lowest BCUT2D eigenvalue weighted by Crippen LogP contribution is -2.27. The number of carbonyl (C=O) groups is 1. The van der Waals surface area contributed by atoms with Crippen LogP contribution < -0.4 is 10.1 Å². The Kier molecular flexibility index (Phi) is 8.69. The second-order valence-electron chi connectivity index (χ2n) is 9.75. The van der Waals surface area contributed by atoms with E-state index in [4.69, 9.17) is 9.84 Å². The van der Waals surface area contributed by atoms with Crippen molar-refractivity contribution in [1.29, 1.82) is 0 Å². The highest BCUT2D eigenvalue weighted by molar-refractivity contribution is 9.10. The Morgan fingerprint density at radius 1 is 1.16 bits per heavy atom. The minimum atomic E-state index is -0.243. The van der Waals surface area contributed by atoms with E-state index in [2.05, 4.69) is 56.4 Å². The summed E-state index contributed by atoms with van der Waals surface area (Å²) < 4.78 is 10.5. The molecule has 200 valence electrons. The summed E-state index contributed by atoms with van der Waals surface area (Å²) >= 11 is 3.57. The molecule has 0 saturated heterocycles. The summed E-state index contributed by atoms with van der Waals surface area (Å²) in [6.07, 6.45) is 5.81. The van der Waals surface area contributed by atoms with Crippen LogP contribution in [0.15, 0.2) is 59.5 Å². The van der Waals surface area contributed by atoms with Gasteiger partial charge in [-0.25, -0.2) is 0 Å². The van der Waals surface area contributed by atoms with Crippen LogP contribution in [0.1, 0.15) is 41.4 Å². The van der Waals surface area contributed by atoms with Crippen LogP contribution in [-0.2, 0) is 13.6 Å². The van der Waals surface area contributed by atoms with Crippen molar-refractivity contribution in [2.24, 2.45) is 7.05 Å². The molecule has 0 aliphatic carbocycles. The van der Waals surface area contributed by atoms with Gasteiger partial charge in [-0.3, -0.25) is 14.2 Å². The topological polar surface area (TPSA) is 77.2 Å². The number of amides is 1. The van der Waals surface area contributed by atoms with Gasteiger partial charge in [-0.15, -0.1) is 0 Å². The predicted molar refractivity (Wildman–Crippen MR) is 154 cm³/mol. The van der Waals surface area contributed by atoms with Crippen LogP contribution in [0.2, 0.25) is 0 Å². The van der Waals surface area contributed by atoms with Gasteiger partial charge in [-0.2, -0.15) is 10.2 Å². The first-order valence-corrected chi connectivity index (χ1v) is 13.5. The minimum Gasteiger partial charge on any atom is -0.491 e. The smallest absolute Gasteiger partial charge is 0.252 e. The molecule has 0 radical (unpaired) electrons. The zero-order chi connectivity index (χ0) is 27.4. The summed E-state index contributed by atoms with van der Waals surface area (Å²) in [5, 5.41) is 12.2. The Morgan fingerprint density at radius 2 is 1.92 bits per heavy atom. The van der Waals surface area contributed by atoms with Crippen LogP contribution in [0, 0.1) is 6.92 Å². The van der Waals surface area contributed by atoms with E-state index in [0.717, 1.165) is 51.1 Å². The minimum absolute atomic E-state index is 0.149. The molecule has 2 heterocycles. The maximum Gasteiger partial charge on any atom is 0.252 e. The molecule has 0 aliphatic heterocycles. The summed E-state index contributed by atoms with van der Waals surface area (Å²) in [5.41, 5.74) is 6.35. The number of nitrogens with zero attached hydrogens (tertiary/aromatic N) is 5. The number of aromatic nitrogens is 4. The third-order valence-corrected chi connectivity index (χ3v) is 7.04. The molecule has 38 heavy (non-hydrogen) atoms. The van der Waals surface area contributed by atoms with Gasteiger partial charge < -0.3 is 15.0 Å². The van der Waals surface area contributed by atoms with Gasteiger partial charge in [0.1, 0.15) is 12.4 Å². The third kappa shape index (κ3) is 6.52. The summed E-state index contributed by atoms with van der Waals surface area (Å²) in [7, 11) is 5.90. The number of rotatable bonds is 10. The second-order valence-corrected chi connectivity index (χ2v) is 10.6. The van der Waals surface area contributed by atoms with E-state index in [-0.39, 0.29) is 11.9 Å². The fourth-order valence-electron chi connectivity index (χ4n) is 4.18. The number of benzene rings is 2. The van der Waals surface area contributed by atoms with Gasteiger partial charge in [-0.1, -0.05) is 0 Å². The van der Waals surface area contributed by atoms with Gasteiger partial charge in [0, 0.05) is 49.2 Å². The van der Waals surface area contributed by atoms with Crippen molar-refractivity contribution < 1.29 is 9.53 Å². The molecule has 4 rings (SSSR count). The monoisotopic (exact) mass is 578 g/mol. The highest BCUT2D eigenvalue weighted by Crippen LogP contribution is 2.31. The average molecular weight is 580 g/mol. The van der Waals surface area contributed by atoms with Crippen LogP contribution in [-0.4, -0.2) is 57.6 Å². The van der Waals surface area contributed by atoms with E-state index < -0.39 is 0 Å². The highest BCUT2D eigenvalue weighted by Gasteiger charge is 2.18. The first-order chi connectivity index (χ1) is 18.1. The fraction of sp³-hybridized carbons (Fsp3) is 0.345. The van der Waals surface area contributed by atoms with Crippen LogP contribution in [0.4, 0.5) is 0 Å². The maximum absolute atomic E-state index is 13.4. The Hall–Kier alpha value is -3.43. The molecule has 0 fully saturated rings. The summed E-state index contributed by atoms with van der Waals surface area (Å²) in [4.78, 5) is 15.5. The molecule has 0 saturated carbocycles. The standard InChI is InChI=1S/C29H35BrN6O2/c1-7-36-9-8-27(33-36)23-14-21(13-22(15-23)24-17-31-35(6)18-24)20(3)32-29(37)25-16-28(26(30)12-19(25)2)38-11-10-34(4)5/h8-9,12-18,20H,7,10-11H2,1-6H3,(H,32,37)/t20-/m1/s1. The van der Waals surface area contributed by atoms with Crippen molar-refractivity contribution in [2.45, 2.75) is 33.4 Å². The molecule has 2 aromatic carbocycles. The lowest BCUT2D eigenvalue weighted by atomic mass is 9.96. The molecule has 0 bridgehead atoms. The van der Waals surface area contributed by atoms with Gasteiger partial charge in [0.05, 0.1) is 22.4 Å². The molecule has 2 aromatic heterocycles. The molecular weight excluding hydrogens is 544 g/mol. The van der Waals surface area contributed by atoms with Crippen molar-refractivity contribution in [2.75, 3.05) is 27.2 Å². The molecule has 0 aliphatic rings. The quantitative estimate of drug-likeness (QED) is 0.270. The van der Waals surface area contributed by atoms with Gasteiger partial charge in [0.15, 0.2) is 0 Å².